The number of halogens is 2. The Hall–Kier alpha value is -2.85. The lowest BCUT2D eigenvalue weighted by Gasteiger charge is -2.45. The van der Waals surface area contributed by atoms with Gasteiger partial charge in [0.15, 0.2) is 11.4 Å². The summed E-state index contributed by atoms with van der Waals surface area (Å²) in [7, 11) is 0. The van der Waals surface area contributed by atoms with Crippen LogP contribution in [0.25, 0.3) is 0 Å². The molecule has 1 atom stereocenters. The number of hydrogen-bond donors (Lipinski definition) is 2. The Morgan fingerprint density at radius 3 is 2.91 bits per heavy atom. The molecule has 170 valence electrons. The maximum absolute atomic E-state index is 15.1. The molecule has 2 amide bonds. The van der Waals surface area contributed by atoms with Crippen LogP contribution >= 0.6 is 11.6 Å². The van der Waals surface area contributed by atoms with E-state index in [1.165, 1.54) is 17.2 Å². The molecule has 2 fully saturated rings. The van der Waals surface area contributed by atoms with E-state index in [2.05, 4.69) is 10.4 Å². The van der Waals surface area contributed by atoms with Crippen LogP contribution in [0.3, 0.4) is 0 Å². The molecule has 3 N–H and O–H groups in total. The Bertz CT molecular complexity index is 1090. The second kappa shape index (κ2) is 7.93. The second-order valence-electron chi connectivity index (χ2n) is 8.35. The van der Waals surface area contributed by atoms with Crippen molar-refractivity contribution in [2.24, 2.45) is 0 Å². The molecule has 3 aliphatic heterocycles. The normalized spacial score (nSPS) is 23.6. The number of nitrogens with one attached hydrogen (secondary N) is 1. The molecule has 2 aromatic rings. The van der Waals surface area contributed by atoms with Crippen molar-refractivity contribution in [1.82, 2.24) is 14.7 Å². The molecule has 11 heteroatoms. The number of anilines is 2. The van der Waals surface area contributed by atoms with Crippen molar-refractivity contribution in [2.75, 3.05) is 37.4 Å². The number of hydrogen-bond acceptors (Lipinski definition) is 6. The highest BCUT2D eigenvalue weighted by atomic mass is 35.5. The van der Waals surface area contributed by atoms with Crippen molar-refractivity contribution in [3.63, 3.8) is 0 Å². The molecule has 4 heterocycles. The number of rotatable bonds is 2. The van der Waals surface area contributed by atoms with Gasteiger partial charge < -0.3 is 20.1 Å². The van der Waals surface area contributed by atoms with Gasteiger partial charge in [0.1, 0.15) is 11.4 Å². The number of carbonyl (C=O) groups is 2. The van der Waals surface area contributed by atoms with E-state index in [4.69, 9.17) is 26.8 Å². The maximum atomic E-state index is 15.1. The van der Waals surface area contributed by atoms with E-state index < -0.39 is 17.5 Å². The smallest absolute Gasteiger partial charge is 0.412 e. The van der Waals surface area contributed by atoms with Gasteiger partial charge in [-0.05, 0) is 37.8 Å². The third-order valence-electron chi connectivity index (χ3n) is 6.42. The van der Waals surface area contributed by atoms with Gasteiger partial charge in [0, 0.05) is 19.8 Å². The zero-order chi connectivity index (χ0) is 22.5. The van der Waals surface area contributed by atoms with Gasteiger partial charge in [-0.25, -0.2) is 13.9 Å². The van der Waals surface area contributed by atoms with Crippen LogP contribution in [0.5, 0.6) is 0 Å². The summed E-state index contributed by atoms with van der Waals surface area (Å²) in [5, 5.41) is 6.79. The first-order valence-electron chi connectivity index (χ1n) is 10.6. The highest BCUT2D eigenvalue weighted by Crippen LogP contribution is 2.45. The standard InChI is InChI=1S/C21H23ClFN5O4/c22-14-2-3-15-16(17(14)23)21(32-20(30)26-15)6-1-7-27(11-21)19(29)13-10-25-28(18(13)24)12-4-8-31-9-5-12/h2-3,10,12H,1,4-9,11,24H2,(H,26,30)/t21-/m0/s1. The summed E-state index contributed by atoms with van der Waals surface area (Å²) in [6, 6.07) is 3.00. The van der Waals surface area contributed by atoms with Gasteiger partial charge in [0.05, 0.1) is 35.1 Å². The Balaban J connectivity index is 1.45. The lowest BCUT2D eigenvalue weighted by Crippen LogP contribution is -2.53. The SMILES string of the molecule is Nc1c(C(=O)N2CCC[C@@]3(C2)OC(=O)Nc2ccc(Cl)c(F)c23)cnn1C1CCOCC1. The second-order valence-corrected chi connectivity index (χ2v) is 8.76. The molecule has 32 heavy (non-hydrogen) atoms. The molecule has 0 bridgehead atoms. The molecular weight excluding hydrogens is 441 g/mol. The van der Waals surface area contributed by atoms with Crippen molar-refractivity contribution in [3.8, 4) is 0 Å². The van der Waals surface area contributed by atoms with Gasteiger partial charge in [-0.15, -0.1) is 0 Å². The van der Waals surface area contributed by atoms with E-state index in [9.17, 15) is 9.59 Å². The van der Waals surface area contributed by atoms with E-state index in [1.807, 2.05) is 0 Å². The predicted octanol–water partition coefficient (Wildman–Crippen LogP) is 3.30. The third kappa shape index (κ3) is 3.38. The lowest BCUT2D eigenvalue weighted by molar-refractivity contribution is -0.0418. The summed E-state index contributed by atoms with van der Waals surface area (Å²) in [5.74, 6) is -0.706. The summed E-state index contributed by atoms with van der Waals surface area (Å²) in [6.45, 7) is 1.65. The van der Waals surface area contributed by atoms with E-state index in [0.29, 0.717) is 44.1 Å². The number of aromatic nitrogens is 2. The van der Waals surface area contributed by atoms with Crippen LogP contribution in [-0.2, 0) is 15.1 Å². The molecule has 2 saturated heterocycles. The van der Waals surface area contributed by atoms with Gasteiger partial charge in [0.2, 0.25) is 0 Å². The van der Waals surface area contributed by atoms with Crippen molar-refractivity contribution < 1.29 is 23.5 Å². The highest BCUT2D eigenvalue weighted by molar-refractivity contribution is 6.31. The Morgan fingerprint density at radius 1 is 1.34 bits per heavy atom. The number of benzene rings is 1. The molecule has 1 spiro atoms. The van der Waals surface area contributed by atoms with Gasteiger partial charge >= 0.3 is 6.09 Å². The third-order valence-corrected chi connectivity index (χ3v) is 6.71. The molecule has 1 aromatic carbocycles. The van der Waals surface area contributed by atoms with Crippen molar-refractivity contribution in [3.05, 3.63) is 40.3 Å². The fourth-order valence-electron chi connectivity index (χ4n) is 4.87. The van der Waals surface area contributed by atoms with Crippen molar-refractivity contribution in [2.45, 2.75) is 37.3 Å². The minimum absolute atomic E-state index is 0.00853. The fraction of sp³-hybridized carbons (Fsp3) is 0.476. The van der Waals surface area contributed by atoms with Gasteiger partial charge in [-0.3, -0.25) is 10.1 Å². The zero-order valence-electron chi connectivity index (χ0n) is 17.3. The Labute approximate surface area is 188 Å². The van der Waals surface area contributed by atoms with Gasteiger partial charge in [0.25, 0.3) is 5.91 Å². The number of nitrogens with two attached hydrogens (primary N) is 1. The van der Waals surface area contributed by atoms with Crippen LogP contribution in [-0.4, -0.2) is 53.0 Å². The number of likely N-dealkylation sites (tertiary alicyclic amines) is 1. The number of ether oxygens (including phenoxy) is 2. The monoisotopic (exact) mass is 463 g/mol. The van der Waals surface area contributed by atoms with Crippen LogP contribution < -0.4 is 11.1 Å². The minimum Gasteiger partial charge on any atom is -0.436 e. The fourth-order valence-corrected chi connectivity index (χ4v) is 5.03. The number of piperidine rings is 1. The number of nitrogen functional groups attached to an aromatic ring is 1. The summed E-state index contributed by atoms with van der Waals surface area (Å²) < 4.78 is 27.7. The molecule has 0 radical (unpaired) electrons. The Kier molecular flexibility index (Phi) is 5.21. The predicted molar refractivity (Wildman–Crippen MR) is 114 cm³/mol. The van der Waals surface area contributed by atoms with Crippen LogP contribution in [0.4, 0.5) is 20.7 Å². The minimum atomic E-state index is -1.33. The first-order chi connectivity index (χ1) is 15.4. The van der Waals surface area contributed by atoms with E-state index in [0.717, 1.165) is 12.8 Å². The first kappa shape index (κ1) is 21.0. The van der Waals surface area contributed by atoms with Crippen LogP contribution in [0.15, 0.2) is 18.3 Å². The average Bonchev–Trinajstić information content (AvgIpc) is 3.17. The van der Waals surface area contributed by atoms with Crippen LogP contribution in [0, 0.1) is 5.82 Å². The van der Waals surface area contributed by atoms with Gasteiger partial charge in [-0.1, -0.05) is 11.6 Å². The number of fused-ring (bicyclic) bond motifs is 2. The Morgan fingerprint density at radius 2 is 2.12 bits per heavy atom. The molecule has 0 saturated carbocycles. The van der Waals surface area contributed by atoms with Crippen molar-refractivity contribution >= 4 is 35.1 Å². The van der Waals surface area contributed by atoms with E-state index in [-0.39, 0.29) is 34.6 Å². The van der Waals surface area contributed by atoms with Crippen molar-refractivity contribution in [1.29, 1.82) is 0 Å². The molecule has 3 aliphatic rings. The quantitative estimate of drug-likeness (QED) is 0.706. The molecule has 5 rings (SSSR count). The molecule has 9 nitrogen and oxygen atoms in total. The average molecular weight is 464 g/mol. The molecule has 1 aromatic heterocycles. The summed E-state index contributed by atoms with van der Waals surface area (Å²) in [5.41, 5.74) is 5.70. The number of amides is 2. The molecule has 0 aliphatic carbocycles. The molecule has 0 unspecified atom stereocenters. The van der Waals surface area contributed by atoms with Crippen LogP contribution in [0.2, 0.25) is 5.02 Å². The topological polar surface area (TPSA) is 112 Å². The van der Waals surface area contributed by atoms with E-state index in [1.54, 1.807) is 10.7 Å². The number of nitrogens with zero attached hydrogens (tertiary/aromatic N) is 3. The largest absolute Gasteiger partial charge is 0.436 e. The zero-order valence-corrected chi connectivity index (χ0v) is 18.0. The molecular formula is C21H23ClFN5O4. The highest BCUT2D eigenvalue weighted by Gasteiger charge is 2.49. The summed E-state index contributed by atoms with van der Waals surface area (Å²) in [6.07, 6.45) is 3.19. The van der Waals surface area contributed by atoms with Crippen LogP contribution in [0.1, 0.15) is 47.6 Å². The summed E-state index contributed by atoms with van der Waals surface area (Å²) in [4.78, 5) is 27.2. The maximum Gasteiger partial charge on any atom is 0.412 e. The first-order valence-corrected chi connectivity index (χ1v) is 11.0. The van der Waals surface area contributed by atoms with Gasteiger partial charge in [-0.2, -0.15) is 5.10 Å². The number of carbonyl (C=O) groups excluding carboxylic acids is 2. The van der Waals surface area contributed by atoms with E-state index >= 15 is 4.39 Å². The summed E-state index contributed by atoms with van der Waals surface area (Å²) >= 11 is 6.02. The lowest BCUT2D eigenvalue weighted by atomic mass is 9.83.